The second-order valence-electron chi connectivity index (χ2n) is 3.37. The van der Waals surface area contributed by atoms with E-state index in [1.807, 2.05) is 0 Å². The minimum absolute atomic E-state index is 0.0333. The minimum Gasteiger partial charge on any atom is -0.506 e. The van der Waals surface area contributed by atoms with Gasteiger partial charge in [0.25, 0.3) is 0 Å². The van der Waals surface area contributed by atoms with Crippen LogP contribution in [0, 0.1) is 12.7 Å². The molecule has 0 amide bonds. The molecule has 84 valence electrons. The molecule has 3 nitrogen and oxygen atoms in total. The molecule has 4 N–H and O–H groups in total. The van der Waals surface area contributed by atoms with E-state index in [0.717, 1.165) is 0 Å². The maximum Gasteiger partial charge on any atom is 0.141 e. The predicted molar refractivity (Wildman–Crippen MR) is 56.4 cm³/mol. The van der Waals surface area contributed by atoms with Gasteiger partial charge in [0, 0.05) is 18.2 Å². The molecule has 15 heavy (non-hydrogen) atoms. The summed E-state index contributed by atoms with van der Waals surface area (Å²) in [6, 6.07) is 0.578. The van der Waals surface area contributed by atoms with Crippen molar-refractivity contribution in [2.24, 2.45) is 5.73 Å². The number of hydrogen-bond donors (Lipinski definition) is 3. The van der Waals surface area contributed by atoms with Crippen molar-refractivity contribution in [2.45, 2.75) is 19.4 Å². The first kappa shape index (κ1) is 12.2. The molecule has 1 rings (SSSR count). The van der Waals surface area contributed by atoms with Crippen LogP contribution in [-0.4, -0.2) is 16.8 Å². The summed E-state index contributed by atoms with van der Waals surface area (Å²) in [4.78, 5) is 0. The average Bonchev–Trinajstić information content (AvgIpc) is 2.16. The lowest BCUT2D eigenvalue weighted by molar-refractivity contribution is 0.274. The van der Waals surface area contributed by atoms with Gasteiger partial charge in [0.2, 0.25) is 0 Å². The number of halogens is 2. The molecular formula is C10H13ClFNO2. The Bertz CT molecular complexity index is 345. The second-order valence-corrected chi connectivity index (χ2v) is 3.78. The third-order valence-electron chi connectivity index (χ3n) is 2.22. The van der Waals surface area contributed by atoms with E-state index in [-0.39, 0.29) is 29.4 Å². The highest BCUT2D eigenvalue weighted by Gasteiger charge is 2.20. The molecule has 0 aliphatic rings. The molecule has 0 saturated carbocycles. The Morgan fingerprint density at radius 2 is 2.20 bits per heavy atom. The van der Waals surface area contributed by atoms with Gasteiger partial charge in [-0.05, 0) is 25.0 Å². The molecule has 1 unspecified atom stereocenters. The summed E-state index contributed by atoms with van der Waals surface area (Å²) in [5, 5.41) is 18.3. The van der Waals surface area contributed by atoms with E-state index in [0.29, 0.717) is 5.56 Å². The summed E-state index contributed by atoms with van der Waals surface area (Å²) in [7, 11) is 0. The van der Waals surface area contributed by atoms with Crippen LogP contribution in [0.5, 0.6) is 5.75 Å². The summed E-state index contributed by atoms with van der Waals surface area (Å²) in [5.74, 6) is -0.918. The van der Waals surface area contributed by atoms with Crippen molar-refractivity contribution in [1.29, 1.82) is 0 Å². The first-order valence-electron chi connectivity index (χ1n) is 4.53. The number of aromatic hydroxyl groups is 1. The van der Waals surface area contributed by atoms with Gasteiger partial charge >= 0.3 is 0 Å². The maximum absolute atomic E-state index is 13.6. The molecule has 0 radical (unpaired) electrons. The van der Waals surface area contributed by atoms with Gasteiger partial charge < -0.3 is 15.9 Å². The Hall–Kier alpha value is -0.840. The second kappa shape index (κ2) is 4.79. The quantitative estimate of drug-likeness (QED) is 0.747. The monoisotopic (exact) mass is 233 g/mol. The van der Waals surface area contributed by atoms with Crippen LogP contribution >= 0.6 is 11.6 Å². The van der Waals surface area contributed by atoms with Crippen LogP contribution in [-0.2, 0) is 0 Å². The number of aliphatic hydroxyl groups is 1. The highest BCUT2D eigenvalue weighted by atomic mass is 35.5. The van der Waals surface area contributed by atoms with E-state index in [1.54, 1.807) is 0 Å². The molecule has 1 atom stereocenters. The first-order valence-corrected chi connectivity index (χ1v) is 4.90. The fraction of sp³-hybridized carbons (Fsp3) is 0.400. The van der Waals surface area contributed by atoms with Crippen LogP contribution < -0.4 is 5.73 Å². The highest BCUT2D eigenvalue weighted by molar-refractivity contribution is 6.32. The van der Waals surface area contributed by atoms with E-state index in [1.165, 1.54) is 13.0 Å². The topological polar surface area (TPSA) is 66.5 Å². The van der Waals surface area contributed by atoms with Crippen molar-refractivity contribution >= 4 is 11.6 Å². The largest absolute Gasteiger partial charge is 0.506 e. The van der Waals surface area contributed by atoms with Crippen molar-refractivity contribution < 1.29 is 14.6 Å². The first-order chi connectivity index (χ1) is 6.99. The van der Waals surface area contributed by atoms with Gasteiger partial charge in [-0.1, -0.05) is 11.6 Å². The predicted octanol–water partition coefficient (Wildman–Crippen LogP) is 1.88. The molecular weight excluding hydrogens is 221 g/mol. The number of rotatable bonds is 3. The molecule has 0 aromatic heterocycles. The summed E-state index contributed by atoms with van der Waals surface area (Å²) in [5.41, 5.74) is 5.91. The SMILES string of the molecule is Cc1cc(Cl)c(O)c(C(N)CCO)c1F. The van der Waals surface area contributed by atoms with Gasteiger partial charge in [0.1, 0.15) is 11.6 Å². The van der Waals surface area contributed by atoms with Crippen molar-refractivity contribution in [1.82, 2.24) is 0 Å². The molecule has 0 heterocycles. The number of phenols is 1. The number of phenolic OH excluding ortho intramolecular Hbond substituents is 1. The van der Waals surface area contributed by atoms with Crippen molar-refractivity contribution in [3.8, 4) is 5.75 Å². The smallest absolute Gasteiger partial charge is 0.141 e. The number of aliphatic hydroxyl groups excluding tert-OH is 1. The minimum atomic E-state index is -0.757. The average molecular weight is 234 g/mol. The Morgan fingerprint density at radius 1 is 1.60 bits per heavy atom. The molecule has 0 aliphatic carbocycles. The Kier molecular flexibility index (Phi) is 3.90. The number of benzene rings is 1. The third-order valence-corrected chi connectivity index (χ3v) is 2.51. The van der Waals surface area contributed by atoms with Crippen LogP contribution in [0.15, 0.2) is 6.07 Å². The zero-order chi connectivity index (χ0) is 11.6. The van der Waals surface area contributed by atoms with Gasteiger partial charge in [-0.15, -0.1) is 0 Å². The van der Waals surface area contributed by atoms with E-state index in [4.69, 9.17) is 22.4 Å². The number of hydrogen-bond acceptors (Lipinski definition) is 3. The lowest BCUT2D eigenvalue weighted by Gasteiger charge is -2.15. The molecule has 0 fully saturated rings. The van der Waals surface area contributed by atoms with Crippen molar-refractivity contribution in [3.63, 3.8) is 0 Å². The summed E-state index contributed by atoms with van der Waals surface area (Å²) in [6.45, 7) is 1.36. The molecule has 0 spiro atoms. The highest BCUT2D eigenvalue weighted by Crippen LogP contribution is 2.35. The maximum atomic E-state index is 13.6. The van der Waals surface area contributed by atoms with Crippen molar-refractivity contribution in [2.75, 3.05) is 6.61 Å². The van der Waals surface area contributed by atoms with E-state index >= 15 is 0 Å². The van der Waals surface area contributed by atoms with Crippen LogP contribution in [0.1, 0.15) is 23.6 Å². The number of aryl methyl sites for hydroxylation is 1. The lowest BCUT2D eigenvalue weighted by atomic mass is 10.0. The standard InChI is InChI=1S/C10H13ClFNO2/c1-5-4-6(11)10(15)8(9(5)12)7(13)2-3-14/h4,7,14-15H,2-3,13H2,1H3. The fourth-order valence-electron chi connectivity index (χ4n) is 1.39. The van der Waals surface area contributed by atoms with E-state index in [2.05, 4.69) is 0 Å². The molecule has 0 aliphatic heterocycles. The molecule has 1 aromatic rings. The van der Waals surface area contributed by atoms with Crippen LogP contribution in [0.4, 0.5) is 4.39 Å². The van der Waals surface area contributed by atoms with Gasteiger partial charge in [-0.3, -0.25) is 0 Å². The van der Waals surface area contributed by atoms with Crippen LogP contribution in [0.3, 0.4) is 0 Å². The normalized spacial score (nSPS) is 12.9. The Balaban J connectivity index is 3.26. The lowest BCUT2D eigenvalue weighted by Crippen LogP contribution is -2.14. The van der Waals surface area contributed by atoms with Gasteiger partial charge in [-0.25, -0.2) is 4.39 Å². The number of nitrogens with two attached hydrogens (primary N) is 1. The third kappa shape index (κ3) is 2.40. The summed E-state index contributed by atoms with van der Waals surface area (Å²) < 4.78 is 13.6. The van der Waals surface area contributed by atoms with E-state index in [9.17, 15) is 9.50 Å². The Labute approximate surface area is 92.3 Å². The van der Waals surface area contributed by atoms with E-state index < -0.39 is 11.9 Å². The molecule has 5 heteroatoms. The molecule has 1 aromatic carbocycles. The molecule has 0 bridgehead atoms. The summed E-state index contributed by atoms with van der Waals surface area (Å²) >= 11 is 5.70. The van der Waals surface area contributed by atoms with Gasteiger partial charge in [0.15, 0.2) is 0 Å². The summed E-state index contributed by atoms with van der Waals surface area (Å²) in [6.07, 6.45) is 0.171. The van der Waals surface area contributed by atoms with Crippen LogP contribution in [0.2, 0.25) is 5.02 Å². The van der Waals surface area contributed by atoms with Gasteiger partial charge in [-0.2, -0.15) is 0 Å². The fourth-order valence-corrected chi connectivity index (χ4v) is 1.65. The van der Waals surface area contributed by atoms with Gasteiger partial charge in [0.05, 0.1) is 5.02 Å². The van der Waals surface area contributed by atoms with Crippen LogP contribution in [0.25, 0.3) is 0 Å². The Morgan fingerprint density at radius 3 is 2.73 bits per heavy atom. The van der Waals surface area contributed by atoms with Crippen molar-refractivity contribution in [3.05, 3.63) is 28.0 Å². The molecule has 0 saturated heterocycles. The zero-order valence-electron chi connectivity index (χ0n) is 8.30. The zero-order valence-corrected chi connectivity index (χ0v) is 9.05.